The minimum Gasteiger partial charge on any atom is -0.497 e. The fraction of sp³-hybridized carbons (Fsp3) is 0.345. The molecule has 1 saturated heterocycles. The van der Waals surface area contributed by atoms with Crippen molar-refractivity contribution < 1.29 is 34.0 Å². The number of amides is 1. The van der Waals surface area contributed by atoms with E-state index in [0.717, 1.165) is 11.1 Å². The van der Waals surface area contributed by atoms with Crippen LogP contribution >= 0.6 is 0 Å². The highest BCUT2D eigenvalue weighted by Gasteiger charge is 2.50. The molecule has 1 fully saturated rings. The van der Waals surface area contributed by atoms with Gasteiger partial charge in [-0.2, -0.15) is 0 Å². The van der Waals surface area contributed by atoms with Gasteiger partial charge in [-0.1, -0.05) is 42.5 Å². The third-order valence-corrected chi connectivity index (χ3v) is 6.48. The zero-order valence-electron chi connectivity index (χ0n) is 21.4. The largest absolute Gasteiger partial charge is 0.497 e. The van der Waals surface area contributed by atoms with Crippen LogP contribution in [0.2, 0.25) is 0 Å². The summed E-state index contributed by atoms with van der Waals surface area (Å²) in [4.78, 5) is 13.4. The van der Waals surface area contributed by atoms with Crippen LogP contribution in [0.1, 0.15) is 29.8 Å². The van der Waals surface area contributed by atoms with Crippen molar-refractivity contribution >= 4 is 5.91 Å². The monoisotopic (exact) mass is 507 g/mol. The van der Waals surface area contributed by atoms with E-state index in [-0.39, 0.29) is 5.91 Å². The molecule has 37 heavy (non-hydrogen) atoms. The van der Waals surface area contributed by atoms with Gasteiger partial charge in [0.2, 0.25) is 6.29 Å². The molecule has 8 heteroatoms. The number of ether oxygens (including phenoxy) is 4. The first-order chi connectivity index (χ1) is 17.7. The molecule has 4 rings (SSSR count). The Hall–Kier alpha value is -3.43. The highest BCUT2D eigenvalue weighted by Crippen LogP contribution is 2.34. The minimum atomic E-state index is -1.35. The Kier molecular flexibility index (Phi) is 8.14. The van der Waals surface area contributed by atoms with Crippen molar-refractivity contribution in [2.45, 2.75) is 50.6 Å². The SMILES string of the molecule is COc1ccc(-c2ccc(O[C@@H]3OC(C)(C)[C@@H](OC)[C@@H](O)[C@H]3O)cc2C(=O)NCc2ccccc2)cc1. The predicted molar refractivity (Wildman–Crippen MR) is 138 cm³/mol. The molecule has 0 spiro atoms. The smallest absolute Gasteiger partial charge is 0.252 e. The summed E-state index contributed by atoms with van der Waals surface area (Å²) in [6, 6.07) is 22.1. The highest BCUT2D eigenvalue weighted by molar-refractivity contribution is 6.01. The van der Waals surface area contributed by atoms with E-state index < -0.39 is 30.2 Å². The van der Waals surface area contributed by atoms with Crippen LogP contribution in [-0.4, -0.2) is 60.5 Å². The molecule has 0 saturated carbocycles. The van der Waals surface area contributed by atoms with Crippen molar-refractivity contribution in [3.63, 3.8) is 0 Å². The molecule has 3 N–H and O–H groups in total. The number of carbonyl (C=O) groups excluding carboxylic acids is 1. The Morgan fingerprint density at radius 3 is 2.27 bits per heavy atom. The van der Waals surface area contributed by atoms with E-state index >= 15 is 0 Å². The average molecular weight is 508 g/mol. The van der Waals surface area contributed by atoms with Crippen molar-refractivity contribution in [1.29, 1.82) is 0 Å². The molecule has 3 aromatic rings. The quantitative estimate of drug-likeness (QED) is 0.428. The van der Waals surface area contributed by atoms with Crippen molar-refractivity contribution in [3.05, 3.63) is 83.9 Å². The number of nitrogens with one attached hydrogen (secondary N) is 1. The van der Waals surface area contributed by atoms with Gasteiger partial charge >= 0.3 is 0 Å². The molecule has 1 aliphatic heterocycles. The summed E-state index contributed by atoms with van der Waals surface area (Å²) in [6.45, 7) is 3.86. The lowest BCUT2D eigenvalue weighted by atomic mass is 9.89. The second-order valence-electron chi connectivity index (χ2n) is 9.45. The molecular formula is C29H33NO7. The third-order valence-electron chi connectivity index (χ3n) is 6.48. The van der Waals surface area contributed by atoms with E-state index in [1.54, 1.807) is 39.2 Å². The molecular weight excluding hydrogens is 474 g/mol. The molecule has 0 unspecified atom stereocenters. The molecule has 196 valence electrons. The summed E-state index contributed by atoms with van der Waals surface area (Å²) < 4.78 is 22.5. The molecule has 4 atom stereocenters. The number of rotatable bonds is 8. The predicted octanol–water partition coefficient (Wildman–Crippen LogP) is 3.54. The average Bonchev–Trinajstić information content (AvgIpc) is 2.91. The van der Waals surface area contributed by atoms with E-state index in [1.807, 2.05) is 54.6 Å². The van der Waals surface area contributed by atoms with Gasteiger partial charge in [-0.05, 0) is 60.9 Å². The maximum absolute atomic E-state index is 13.4. The Labute approximate surface area is 216 Å². The van der Waals surface area contributed by atoms with Gasteiger partial charge in [0.15, 0.2) is 0 Å². The van der Waals surface area contributed by atoms with Gasteiger partial charge in [0, 0.05) is 13.7 Å². The van der Waals surface area contributed by atoms with Crippen LogP contribution in [0.15, 0.2) is 72.8 Å². The van der Waals surface area contributed by atoms with Gasteiger partial charge in [0.05, 0.1) is 18.3 Å². The standard InChI is InChI=1S/C29H33NO7/c1-29(2)26(35-4)24(31)25(32)28(37-29)36-21-14-15-22(19-10-12-20(34-3)13-11-19)23(16-21)27(33)30-17-18-8-6-5-7-9-18/h5-16,24-26,28,31-32H,17H2,1-4H3,(H,30,33)/t24-,25+,26-,28+/m0/s1. The van der Waals surface area contributed by atoms with Gasteiger partial charge in [-0.3, -0.25) is 4.79 Å². The van der Waals surface area contributed by atoms with E-state index in [4.69, 9.17) is 18.9 Å². The normalized spacial score (nSPS) is 22.8. The Bertz CT molecular complexity index is 1200. The van der Waals surface area contributed by atoms with E-state index in [2.05, 4.69) is 5.32 Å². The zero-order chi connectivity index (χ0) is 26.6. The van der Waals surface area contributed by atoms with E-state index in [9.17, 15) is 15.0 Å². The van der Waals surface area contributed by atoms with Crippen LogP contribution in [0.25, 0.3) is 11.1 Å². The molecule has 0 radical (unpaired) electrons. The number of benzene rings is 3. The number of aliphatic hydroxyl groups excluding tert-OH is 2. The third kappa shape index (κ3) is 5.94. The van der Waals surface area contributed by atoms with Gasteiger partial charge in [0.25, 0.3) is 5.91 Å². The number of hydrogen-bond donors (Lipinski definition) is 3. The van der Waals surface area contributed by atoms with Gasteiger partial charge in [-0.25, -0.2) is 0 Å². The zero-order valence-corrected chi connectivity index (χ0v) is 21.4. The van der Waals surface area contributed by atoms with Gasteiger partial charge in [-0.15, -0.1) is 0 Å². The van der Waals surface area contributed by atoms with Gasteiger partial charge in [0.1, 0.15) is 29.8 Å². The lowest BCUT2D eigenvalue weighted by Gasteiger charge is -2.46. The topological polar surface area (TPSA) is 106 Å². The molecule has 0 aliphatic carbocycles. The van der Waals surface area contributed by atoms with Crippen LogP contribution in [0.5, 0.6) is 11.5 Å². The van der Waals surface area contributed by atoms with E-state index in [1.165, 1.54) is 7.11 Å². The second kappa shape index (κ2) is 11.3. The Balaban J connectivity index is 1.63. The van der Waals surface area contributed by atoms with Crippen LogP contribution in [0.3, 0.4) is 0 Å². The Morgan fingerprint density at radius 1 is 0.946 bits per heavy atom. The van der Waals surface area contributed by atoms with Crippen LogP contribution in [0, 0.1) is 0 Å². The second-order valence-corrected chi connectivity index (χ2v) is 9.45. The van der Waals surface area contributed by atoms with E-state index in [0.29, 0.717) is 29.2 Å². The summed E-state index contributed by atoms with van der Waals surface area (Å²) in [5.41, 5.74) is 1.96. The van der Waals surface area contributed by atoms with Crippen LogP contribution < -0.4 is 14.8 Å². The maximum atomic E-state index is 13.4. The first-order valence-corrected chi connectivity index (χ1v) is 12.1. The molecule has 8 nitrogen and oxygen atoms in total. The summed E-state index contributed by atoms with van der Waals surface area (Å²) in [5, 5.41) is 24.2. The number of methoxy groups -OCH3 is 2. The Morgan fingerprint density at radius 2 is 1.62 bits per heavy atom. The van der Waals surface area contributed by atoms with Crippen molar-refractivity contribution in [3.8, 4) is 22.6 Å². The van der Waals surface area contributed by atoms with Crippen molar-refractivity contribution in [2.24, 2.45) is 0 Å². The van der Waals surface area contributed by atoms with Crippen molar-refractivity contribution in [1.82, 2.24) is 5.32 Å². The summed E-state index contributed by atoms with van der Waals surface area (Å²) >= 11 is 0. The minimum absolute atomic E-state index is 0.287. The fourth-order valence-corrected chi connectivity index (χ4v) is 4.52. The number of carbonyl (C=O) groups is 1. The molecule has 1 heterocycles. The van der Waals surface area contributed by atoms with Crippen molar-refractivity contribution in [2.75, 3.05) is 14.2 Å². The van der Waals surface area contributed by atoms with Crippen LogP contribution in [0.4, 0.5) is 0 Å². The first-order valence-electron chi connectivity index (χ1n) is 12.1. The molecule has 0 aromatic heterocycles. The highest BCUT2D eigenvalue weighted by atomic mass is 16.7. The molecule has 1 amide bonds. The summed E-state index contributed by atoms with van der Waals surface area (Å²) in [5.74, 6) is 0.729. The fourth-order valence-electron chi connectivity index (χ4n) is 4.52. The lowest BCUT2D eigenvalue weighted by molar-refractivity contribution is -0.305. The van der Waals surface area contributed by atoms with Crippen LogP contribution in [-0.2, 0) is 16.0 Å². The number of aliphatic hydroxyl groups is 2. The summed E-state index contributed by atoms with van der Waals surface area (Å²) in [7, 11) is 3.05. The maximum Gasteiger partial charge on any atom is 0.252 e. The lowest BCUT2D eigenvalue weighted by Crippen LogP contribution is -2.63. The first kappa shape index (κ1) is 26.6. The molecule has 3 aromatic carbocycles. The van der Waals surface area contributed by atoms with Gasteiger partial charge < -0.3 is 34.5 Å². The molecule has 1 aliphatic rings. The summed E-state index contributed by atoms with van der Waals surface area (Å²) in [6.07, 6.45) is -4.47. The molecule has 0 bridgehead atoms. The number of hydrogen-bond acceptors (Lipinski definition) is 7.